The lowest BCUT2D eigenvalue weighted by Gasteiger charge is -2.39. The zero-order valence-electron chi connectivity index (χ0n) is 24.4. The highest BCUT2D eigenvalue weighted by Crippen LogP contribution is 2.55. The van der Waals surface area contributed by atoms with Crippen LogP contribution in [0.5, 0.6) is 0 Å². The first-order valence-corrected chi connectivity index (χ1v) is 16.4. The van der Waals surface area contributed by atoms with Gasteiger partial charge in [0.25, 0.3) is 11.5 Å². The van der Waals surface area contributed by atoms with E-state index in [9.17, 15) is 22.4 Å². The van der Waals surface area contributed by atoms with Gasteiger partial charge in [0.15, 0.2) is 5.82 Å². The molecule has 45 heavy (non-hydrogen) atoms. The van der Waals surface area contributed by atoms with Crippen LogP contribution in [0.1, 0.15) is 51.0 Å². The van der Waals surface area contributed by atoms with Crippen molar-refractivity contribution in [1.82, 2.24) is 19.2 Å². The van der Waals surface area contributed by atoms with Crippen LogP contribution < -0.4 is 10.3 Å². The van der Waals surface area contributed by atoms with Crippen LogP contribution in [-0.4, -0.2) is 54.2 Å². The predicted octanol–water partition coefficient (Wildman–Crippen LogP) is 5.23. The fourth-order valence-corrected chi connectivity index (χ4v) is 7.03. The van der Waals surface area contributed by atoms with Crippen LogP contribution in [-0.2, 0) is 10.0 Å². The highest BCUT2D eigenvalue weighted by molar-refractivity contribution is 7.88. The predicted molar refractivity (Wildman–Crippen MR) is 164 cm³/mol. The van der Waals surface area contributed by atoms with E-state index in [1.54, 1.807) is 32.0 Å². The van der Waals surface area contributed by atoms with Crippen LogP contribution in [0.3, 0.4) is 0 Å². The molecule has 2 aromatic carbocycles. The van der Waals surface area contributed by atoms with Crippen LogP contribution in [0.2, 0.25) is 5.02 Å². The number of rotatable bonds is 7. The number of carbonyl (C=O) groups excluding carboxylic acids is 1. The molecule has 1 aliphatic heterocycles. The molecule has 13 heteroatoms. The van der Waals surface area contributed by atoms with Gasteiger partial charge in [-0.05, 0) is 79.1 Å². The quantitative estimate of drug-likeness (QED) is 0.294. The van der Waals surface area contributed by atoms with Crippen molar-refractivity contribution in [3.05, 3.63) is 116 Å². The lowest BCUT2D eigenvalue weighted by Crippen LogP contribution is -2.60. The maximum atomic E-state index is 16.3. The molecule has 6 rings (SSSR count). The largest absolute Gasteiger partial charge is 0.335 e. The van der Waals surface area contributed by atoms with E-state index in [0.29, 0.717) is 16.8 Å². The average Bonchev–Trinajstić information content (AvgIpc) is 3.75. The number of halogens is 4. The molecule has 2 aliphatic rings. The normalized spacial score (nSPS) is 18.2. The minimum Gasteiger partial charge on any atom is -0.335 e. The Morgan fingerprint density at radius 2 is 1.71 bits per heavy atom. The Hall–Kier alpha value is -4.00. The molecular formula is C32H28ClF3N4O4S. The molecule has 0 spiro atoms. The summed E-state index contributed by atoms with van der Waals surface area (Å²) in [5.74, 6) is -2.97. The van der Waals surface area contributed by atoms with Gasteiger partial charge >= 0.3 is 0 Å². The summed E-state index contributed by atoms with van der Waals surface area (Å²) in [5, 5.41) is -0.0654. The van der Waals surface area contributed by atoms with Gasteiger partial charge in [-0.1, -0.05) is 29.8 Å². The van der Waals surface area contributed by atoms with E-state index in [0.717, 1.165) is 22.8 Å². The molecule has 0 radical (unpaired) electrons. The molecule has 0 unspecified atom stereocenters. The number of sulfonamides is 1. The number of nitrogens with one attached hydrogen (secondary N) is 1. The minimum atomic E-state index is -3.47. The van der Waals surface area contributed by atoms with Crippen molar-refractivity contribution in [2.75, 3.05) is 19.3 Å². The van der Waals surface area contributed by atoms with Gasteiger partial charge < -0.3 is 4.90 Å². The van der Waals surface area contributed by atoms with Crippen LogP contribution in [0.4, 0.5) is 13.2 Å². The average molecular weight is 657 g/mol. The Kier molecular flexibility index (Phi) is 7.87. The summed E-state index contributed by atoms with van der Waals surface area (Å²) in [6.45, 7) is 3.33. The Labute approximate surface area is 262 Å². The van der Waals surface area contributed by atoms with Gasteiger partial charge in [0.05, 0.1) is 23.5 Å². The third-order valence-corrected chi connectivity index (χ3v) is 9.42. The number of likely N-dealkylation sites (tertiary alicyclic amines) is 1. The van der Waals surface area contributed by atoms with Crippen LogP contribution in [0.15, 0.2) is 59.5 Å². The summed E-state index contributed by atoms with van der Waals surface area (Å²) in [6.07, 6.45) is 3.05. The smallest absolute Gasteiger partial charge is 0.274 e. The Balaban J connectivity index is 1.33. The van der Waals surface area contributed by atoms with Crippen LogP contribution in [0.25, 0.3) is 16.9 Å². The molecule has 234 valence electrons. The van der Waals surface area contributed by atoms with Gasteiger partial charge in [-0.3, -0.25) is 19.1 Å². The minimum absolute atomic E-state index is 0.0545. The van der Waals surface area contributed by atoms with Gasteiger partial charge in [-0.25, -0.2) is 26.3 Å². The van der Waals surface area contributed by atoms with Gasteiger partial charge in [0.2, 0.25) is 10.0 Å². The first kappa shape index (κ1) is 31.0. The molecule has 3 heterocycles. The van der Waals surface area contributed by atoms with Crippen molar-refractivity contribution in [3.8, 4) is 16.9 Å². The maximum absolute atomic E-state index is 16.3. The highest BCUT2D eigenvalue weighted by Gasteiger charge is 2.42. The standard InChI is InChI=1S/C32H28ClF3N4O4S/c1-16-13-37-29(21-5-4-6-22(27(21)35)31(41)39-14-20(15-39)38-45(3,43)44)28(36)30(16)40-17(2)11-25(26(33)32(40)42)24-12-23(24)18-7-9-19(34)10-8-18/h4-11,13,20,23-24,38H,12,14-15H2,1-3H3/t23-,24+/m1/s1. The van der Waals surface area contributed by atoms with Gasteiger partial charge in [0.1, 0.15) is 22.4 Å². The molecule has 8 nitrogen and oxygen atoms in total. The second-order valence-electron chi connectivity index (χ2n) is 11.6. The fraction of sp³-hybridized carbons (Fsp3) is 0.281. The van der Waals surface area contributed by atoms with Crippen molar-refractivity contribution in [2.45, 2.75) is 38.1 Å². The van der Waals surface area contributed by atoms with E-state index in [-0.39, 0.29) is 52.6 Å². The maximum Gasteiger partial charge on any atom is 0.274 e. The summed E-state index contributed by atoms with van der Waals surface area (Å²) >= 11 is 6.60. The first-order valence-electron chi connectivity index (χ1n) is 14.1. The Bertz CT molecular complexity index is 2030. The Morgan fingerprint density at radius 3 is 2.38 bits per heavy atom. The van der Waals surface area contributed by atoms with E-state index in [1.807, 2.05) is 0 Å². The van der Waals surface area contributed by atoms with Crippen molar-refractivity contribution in [2.24, 2.45) is 0 Å². The second-order valence-corrected chi connectivity index (χ2v) is 13.8. The van der Waals surface area contributed by atoms with E-state index in [2.05, 4.69) is 9.71 Å². The van der Waals surface area contributed by atoms with Crippen molar-refractivity contribution < 1.29 is 26.4 Å². The van der Waals surface area contributed by atoms with Gasteiger partial charge in [0, 0.05) is 30.5 Å². The van der Waals surface area contributed by atoms with Crippen molar-refractivity contribution in [3.63, 3.8) is 0 Å². The number of pyridine rings is 2. The number of hydrogen-bond acceptors (Lipinski definition) is 5. The number of aromatic nitrogens is 2. The highest BCUT2D eigenvalue weighted by atomic mass is 35.5. The van der Waals surface area contributed by atoms with Gasteiger partial charge in [-0.15, -0.1) is 0 Å². The number of amides is 1. The summed E-state index contributed by atoms with van der Waals surface area (Å²) < 4.78 is 72.0. The molecule has 2 aromatic heterocycles. The molecule has 0 bridgehead atoms. The number of nitrogens with zero attached hydrogens (tertiary/aromatic N) is 3. The zero-order chi connectivity index (χ0) is 32.4. The lowest BCUT2D eigenvalue weighted by molar-refractivity contribution is 0.0587. The van der Waals surface area contributed by atoms with E-state index in [4.69, 9.17) is 11.6 Å². The summed E-state index contributed by atoms with van der Waals surface area (Å²) in [4.78, 5) is 32.1. The third kappa shape index (κ3) is 5.78. The van der Waals surface area contributed by atoms with E-state index >= 15 is 8.78 Å². The number of benzene rings is 2. The van der Waals surface area contributed by atoms with Crippen LogP contribution in [0, 0.1) is 31.3 Å². The topological polar surface area (TPSA) is 101 Å². The van der Waals surface area contributed by atoms with E-state index < -0.39 is 44.9 Å². The second kappa shape index (κ2) is 11.4. The van der Waals surface area contributed by atoms with Crippen molar-refractivity contribution >= 4 is 27.5 Å². The fourth-order valence-electron chi connectivity index (χ4n) is 6.00. The molecule has 1 aliphatic carbocycles. The molecule has 1 saturated heterocycles. The zero-order valence-corrected chi connectivity index (χ0v) is 26.0. The molecular weight excluding hydrogens is 629 g/mol. The van der Waals surface area contributed by atoms with E-state index in [1.165, 1.54) is 41.4 Å². The first-order chi connectivity index (χ1) is 21.2. The molecule has 4 aromatic rings. The SMILES string of the molecule is Cc1cnc(-c2cccc(C(=O)N3CC(NS(C)(=O)=O)C3)c2F)c(F)c1-n1c(C)cc([C@H]2C[C@@H]2c2ccc(F)cc2)c(Cl)c1=O. The van der Waals surface area contributed by atoms with Crippen molar-refractivity contribution in [1.29, 1.82) is 0 Å². The summed E-state index contributed by atoms with van der Waals surface area (Å²) in [7, 11) is -3.47. The monoisotopic (exact) mass is 656 g/mol. The molecule has 2 fully saturated rings. The summed E-state index contributed by atoms with van der Waals surface area (Å²) in [5.41, 5.74) is 0.477. The number of hydrogen-bond donors (Lipinski definition) is 1. The molecule has 1 amide bonds. The Morgan fingerprint density at radius 1 is 1.02 bits per heavy atom. The molecule has 1 saturated carbocycles. The van der Waals surface area contributed by atoms with Gasteiger partial charge in [-0.2, -0.15) is 0 Å². The summed E-state index contributed by atoms with van der Waals surface area (Å²) in [6, 6.07) is 11.4. The van der Waals surface area contributed by atoms with Crippen LogP contribution >= 0.6 is 11.6 Å². The molecule has 1 N–H and O–H groups in total. The molecule has 2 atom stereocenters. The lowest BCUT2D eigenvalue weighted by atomic mass is 10.0. The number of aryl methyl sites for hydroxylation is 2. The third-order valence-electron chi connectivity index (χ3n) is 8.28. The number of carbonyl (C=O) groups is 1.